The standard InChI is InChI=1S/C9H9N3OS/c1-2-8(13)10-6-4-3-5-7-9(6)12-14-11-7/h3-5H,2H2,1H3,(H,10,13). The summed E-state index contributed by atoms with van der Waals surface area (Å²) in [5.41, 5.74) is 2.33. The van der Waals surface area contributed by atoms with Crippen molar-refractivity contribution in [1.82, 2.24) is 8.75 Å². The van der Waals surface area contributed by atoms with Crippen LogP contribution in [-0.2, 0) is 4.79 Å². The van der Waals surface area contributed by atoms with Crippen LogP contribution in [0.25, 0.3) is 11.0 Å². The van der Waals surface area contributed by atoms with Crippen molar-refractivity contribution in [3.63, 3.8) is 0 Å². The molecule has 72 valence electrons. The Balaban J connectivity index is 2.41. The zero-order valence-corrected chi connectivity index (χ0v) is 8.47. The van der Waals surface area contributed by atoms with Gasteiger partial charge in [0.25, 0.3) is 0 Å². The number of benzene rings is 1. The molecule has 1 heterocycles. The second kappa shape index (κ2) is 3.71. The average molecular weight is 207 g/mol. The summed E-state index contributed by atoms with van der Waals surface area (Å²) in [5, 5.41) is 2.79. The number of aromatic nitrogens is 2. The van der Waals surface area contributed by atoms with Gasteiger partial charge in [0.15, 0.2) is 0 Å². The normalized spacial score (nSPS) is 10.4. The van der Waals surface area contributed by atoms with E-state index in [1.54, 1.807) is 0 Å². The first-order valence-corrected chi connectivity index (χ1v) is 5.05. The Bertz CT molecular complexity index is 466. The number of carbonyl (C=O) groups is 1. The molecule has 1 amide bonds. The van der Waals surface area contributed by atoms with Gasteiger partial charge in [0, 0.05) is 6.42 Å². The second-order valence-electron chi connectivity index (χ2n) is 2.84. The molecule has 2 rings (SSSR count). The predicted molar refractivity (Wildman–Crippen MR) is 56.3 cm³/mol. The van der Waals surface area contributed by atoms with E-state index in [-0.39, 0.29) is 5.91 Å². The Kier molecular flexibility index (Phi) is 2.41. The summed E-state index contributed by atoms with van der Waals surface area (Å²) in [7, 11) is 0. The first-order valence-electron chi connectivity index (χ1n) is 4.32. The van der Waals surface area contributed by atoms with Gasteiger partial charge in [-0.1, -0.05) is 13.0 Å². The van der Waals surface area contributed by atoms with Gasteiger partial charge in [0.2, 0.25) is 5.91 Å². The van der Waals surface area contributed by atoms with Gasteiger partial charge in [-0.15, -0.1) is 0 Å². The molecule has 14 heavy (non-hydrogen) atoms. The van der Waals surface area contributed by atoms with Crippen LogP contribution in [0, 0.1) is 0 Å². The maximum atomic E-state index is 11.2. The molecule has 4 nitrogen and oxygen atoms in total. The van der Waals surface area contributed by atoms with Gasteiger partial charge in [-0.3, -0.25) is 4.79 Å². The quantitative estimate of drug-likeness (QED) is 0.819. The summed E-state index contributed by atoms with van der Waals surface area (Å²) >= 11 is 1.15. The lowest BCUT2D eigenvalue weighted by atomic mass is 10.2. The van der Waals surface area contributed by atoms with Crippen molar-refractivity contribution in [3.8, 4) is 0 Å². The Hall–Kier alpha value is -1.49. The van der Waals surface area contributed by atoms with Crippen molar-refractivity contribution in [2.24, 2.45) is 0 Å². The second-order valence-corrected chi connectivity index (χ2v) is 3.37. The van der Waals surface area contributed by atoms with Gasteiger partial charge in [0.1, 0.15) is 11.0 Å². The largest absolute Gasteiger partial charge is 0.324 e. The minimum atomic E-state index is -0.00880. The monoisotopic (exact) mass is 207 g/mol. The third-order valence-corrected chi connectivity index (χ3v) is 2.42. The molecule has 0 spiro atoms. The van der Waals surface area contributed by atoms with Crippen LogP contribution in [0.15, 0.2) is 18.2 Å². The summed E-state index contributed by atoms with van der Waals surface area (Å²) in [4.78, 5) is 11.2. The highest BCUT2D eigenvalue weighted by Crippen LogP contribution is 2.20. The number of hydrogen-bond donors (Lipinski definition) is 1. The number of nitrogens with zero attached hydrogens (tertiary/aromatic N) is 2. The molecule has 0 aliphatic carbocycles. The molecule has 0 aliphatic heterocycles. The van der Waals surface area contributed by atoms with Gasteiger partial charge < -0.3 is 5.32 Å². The third kappa shape index (κ3) is 1.58. The van der Waals surface area contributed by atoms with Crippen molar-refractivity contribution >= 4 is 34.4 Å². The molecule has 0 radical (unpaired) electrons. The smallest absolute Gasteiger partial charge is 0.224 e. The number of rotatable bonds is 2. The van der Waals surface area contributed by atoms with E-state index in [2.05, 4.69) is 14.1 Å². The van der Waals surface area contributed by atoms with E-state index in [9.17, 15) is 4.79 Å². The molecule has 5 heteroatoms. The van der Waals surface area contributed by atoms with Crippen LogP contribution in [0.3, 0.4) is 0 Å². The minimum absolute atomic E-state index is 0.00880. The molecular formula is C9H9N3OS. The predicted octanol–water partition coefficient (Wildman–Crippen LogP) is 2.04. The molecule has 0 aliphatic rings. The van der Waals surface area contributed by atoms with E-state index < -0.39 is 0 Å². The van der Waals surface area contributed by atoms with Gasteiger partial charge in [-0.05, 0) is 12.1 Å². The summed E-state index contributed by atoms with van der Waals surface area (Å²) in [6, 6.07) is 5.56. The first kappa shape index (κ1) is 9.08. The van der Waals surface area contributed by atoms with Crippen molar-refractivity contribution in [1.29, 1.82) is 0 Å². The maximum Gasteiger partial charge on any atom is 0.224 e. The minimum Gasteiger partial charge on any atom is -0.324 e. The van der Waals surface area contributed by atoms with Crippen LogP contribution in [0.4, 0.5) is 5.69 Å². The van der Waals surface area contributed by atoms with Crippen LogP contribution in [0.2, 0.25) is 0 Å². The molecule has 1 aromatic heterocycles. The Morgan fingerprint density at radius 2 is 2.36 bits per heavy atom. The van der Waals surface area contributed by atoms with Crippen molar-refractivity contribution in [3.05, 3.63) is 18.2 Å². The number of amides is 1. The zero-order valence-electron chi connectivity index (χ0n) is 7.65. The van der Waals surface area contributed by atoms with Crippen molar-refractivity contribution in [2.45, 2.75) is 13.3 Å². The molecule has 0 unspecified atom stereocenters. The van der Waals surface area contributed by atoms with E-state index in [0.29, 0.717) is 6.42 Å². The molecular weight excluding hydrogens is 198 g/mol. The molecule has 1 aromatic carbocycles. The van der Waals surface area contributed by atoms with Crippen LogP contribution in [0.1, 0.15) is 13.3 Å². The van der Waals surface area contributed by atoms with E-state index in [1.165, 1.54) is 0 Å². The molecule has 0 bridgehead atoms. The summed E-state index contributed by atoms with van der Waals surface area (Å²) in [5.74, 6) is -0.00880. The average Bonchev–Trinajstić information content (AvgIpc) is 2.66. The highest BCUT2D eigenvalue weighted by molar-refractivity contribution is 7.00. The fourth-order valence-electron chi connectivity index (χ4n) is 1.15. The van der Waals surface area contributed by atoms with Crippen LogP contribution >= 0.6 is 11.7 Å². The molecule has 0 fully saturated rings. The summed E-state index contributed by atoms with van der Waals surface area (Å²) < 4.78 is 8.21. The number of fused-ring (bicyclic) bond motifs is 1. The van der Waals surface area contributed by atoms with Crippen molar-refractivity contribution in [2.75, 3.05) is 5.32 Å². The SMILES string of the molecule is CCC(=O)Nc1cccc2nsnc12. The van der Waals surface area contributed by atoms with E-state index >= 15 is 0 Å². The van der Waals surface area contributed by atoms with Crippen LogP contribution in [0.5, 0.6) is 0 Å². The first-order chi connectivity index (χ1) is 6.81. The zero-order chi connectivity index (χ0) is 9.97. The van der Waals surface area contributed by atoms with Gasteiger partial charge in [0.05, 0.1) is 17.4 Å². The Morgan fingerprint density at radius 1 is 1.50 bits per heavy atom. The number of nitrogens with one attached hydrogen (secondary N) is 1. The fraction of sp³-hybridized carbons (Fsp3) is 0.222. The van der Waals surface area contributed by atoms with Crippen molar-refractivity contribution < 1.29 is 4.79 Å². The maximum absolute atomic E-state index is 11.2. The van der Waals surface area contributed by atoms with E-state index in [0.717, 1.165) is 28.4 Å². The molecule has 0 atom stereocenters. The van der Waals surface area contributed by atoms with Gasteiger partial charge >= 0.3 is 0 Å². The van der Waals surface area contributed by atoms with Crippen LogP contribution < -0.4 is 5.32 Å². The molecule has 1 N–H and O–H groups in total. The van der Waals surface area contributed by atoms with Gasteiger partial charge in [-0.2, -0.15) is 8.75 Å². The number of anilines is 1. The van der Waals surface area contributed by atoms with Gasteiger partial charge in [-0.25, -0.2) is 0 Å². The highest BCUT2D eigenvalue weighted by atomic mass is 32.1. The van der Waals surface area contributed by atoms with E-state index in [1.807, 2.05) is 25.1 Å². The molecule has 0 saturated heterocycles. The molecule has 0 saturated carbocycles. The lowest BCUT2D eigenvalue weighted by Crippen LogP contribution is -2.09. The summed E-state index contributed by atoms with van der Waals surface area (Å²) in [6.07, 6.45) is 0.466. The Labute approximate surface area is 85.3 Å². The number of hydrogen-bond acceptors (Lipinski definition) is 4. The highest BCUT2D eigenvalue weighted by Gasteiger charge is 2.06. The lowest BCUT2D eigenvalue weighted by molar-refractivity contribution is -0.115. The lowest BCUT2D eigenvalue weighted by Gasteiger charge is -2.02. The third-order valence-electron chi connectivity index (χ3n) is 1.88. The fourth-order valence-corrected chi connectivity index (χ4v) is 1.70. The topological polar surface area (TPSA) is 54.9 Å². The van der Waals surface area contributed by atoms with E-state index in [4.69, 9.17) is 0 Å². The van der Waals surface area contributed by atoms with Crippen LogP contribution in [-0.4, -0.2) is 14.7 Å². The Morgan fingerprint density at radius 3 is 3.14 bits per heavy atom. The molecule has 2 aromatic rings. The number of carbonyl (C=O) groups excluding carboxylic acids is 1. The summed E-state index contributed by atoms with van der Waals surface area (Å²) in [6.45, 7) is 1.81.